The molecular formula is C17H28IN3O2. The summed E-state index contributed by atoms with van der Waals surface area (Å²) < 4.78 is 11.1. The first-order chi connectivity index (χ1) is 10.6. The van der Waals surface area contributed by atoms with Crippen LogP contribution in [-0.2, 0) is 11.3 Å². The summed E-state index contributed by atoms with van der Waals surface area (Å²) in [4.78, 5) is 4.26. The van der Waals surface area contributed by atoms with E-state index in [1.54, 1.807) is 14.2 Å². The van der Waals surface area contributed by atoms with Gasteiger partial charge < -0.3 is 20.1 Å². The van der Waals surface area contributed by atoms with Crippen molar-refractivity contribution in [3.05, 3.63) is 29.3 Å². The number of guanidine groups is 1. The van der Waals surface area contributed by atoms with Crippen LogP contribution in [-0.4, -0.2) is 38.9 Å². The van der Waals surface area contributed by atoms with Gasteiger partial charge in [-0.05, 0) is 43.9 Å². The van der Waals surface area contributed by atoms with Crippen LogP contribution in [0.3, 0.4) is 0 Å². The Kier molecular flexibility index (Phi) is 8.11. The first kappa shape index (κ1) is 20.0. The summed E-state index contributed by atoms with van der Waals surface area (Å²) in [6.07, 6.45) is 2.22. The Bertz CT molecular complexity index is 529. The van der Waals surface area contributed by atoms with Crippen molar-refractivity contribution in [2.75, 3.05) is 27.3 Å². The van der Waals surface area contributed by atoms with E-state index in [-0.39, 0.29) is 29.6 Å². The van der Waals surface area contributed by atoms with E-state index in [1.165, 1.54) is 0 Å². The van der Waals surface area contributed by atoms with E-state index < -0.39 is 0 Å². The molecule has 23 heavy (non-hydrogen) atoms. The van der Waals surface area contributed by atoms with Gasteiger partial charge in [0.2, 0.25) is 0 Å². The molecule has 0 bridgehead atoms. The third kappa shape index (κ3) is 5.84. The van der Waals surface area contributed by atoms with Gasteiger partial charge in [0.05, 0.1) is 12.7 Å². The van der Waals surface area contributed by atoms with Gasteiger partial charge in [-0.2, -0.15) is 0 Å². The number of halogens is 1. The quantitative estimate of drug-likeness (QED) is 0.426. The Morgan fingerprint density at radius 1 is 1.39 bits per heavy atom. The van der Waals surface area contributed by atoms with Gasteiger partial charge in [-0.1, -0.05) is 12.1 Å². The molecule has 1 aromatic rings. The van der Waals surface area contributed by atoms with Gasteiger partial charge in [0.15, 0.2) is 5.96 Å². The number of nitrogens with zero attached hydrogens (tertiary/aromatic N) is 1. The molecule has 1 aliphatic rings. The molecule has 0 amide bonds. The second-order valence-corrected chi connectivity index (χ2v) is 5.99. The van der Waals surface area contributed by atoms with Crippen LogP contribution < -0.4 is 15.4 Å². The van der Waals surface area contributed by atoms with E-state index in [2.05, 4.69) is 40.7 Å². The molecule has 2 N–H and O–H groups in total. The number of nitrogens with one attached hydrogen (secondary N) is 2. The number of aliphatic imine (C=N–C) groups is 1. The van der Waals surface area contributed by atoms with Crippen LogP contribution in [0.1, 0.15) is 30.9 Å². The molecule has 1 saturated heterocycles. The maximum atomic E-state index is 5.78. The predicted molar refractivity (Wildman–Crippen MR) is 105 cm³/mol. The van der Waals surface area contributed by atoms with E-state index in [0.717, 1.165) is 48.8 Å². The maximum absolute atomic E-state index is 5.78. The summed E-state index contributed by atoms with van der Waals surface area (Å²) in [6, 6.07) is 6.22. The minimum atomic E-state index is -0.0787. The zero-order valence-corrected chi connectivity index (χ0v) is 16.8. The molecule has 0 aliphatic carbocycles. The third-order valence-corrected chi connectivity index (χ3v) is 4.09. The summed E-state index contributed by atoms with van der Waals surface area (Å²) in [5.74, 6) is 1.70. The zero-order valence-electron chi connectivity index (χ0n) is 14.4. The first-order valence-electron chi connectivity index (χ1n) is 7.78. The van der Waals surface area contributed by atoms with Crippen molar-refractivity contribution in [3.8, 4) is 5.75 Å². The fourth-order valence-corrected chi connectivity index (χ4v) is 2.63. The Morgan fingerprint density at radius 3 is 2.78 bits per heavy atom. The first-order valence-corrected chi connectivity index (χ1v) is 7.78. The molecule has 5 nitrogen and oxygen atoms in total. The number of hydrogen-bond donors (Lipinski definition) is 2. The van der Waals surface area contributed by atoms with Crippen molar-refractivity contribution in [1.82, 2.24) is 10.6 Å². The van der Waals surface area contributed by atoms with E-state index in [9.17, 15) is 0 Å². The van der Waals surface area contributed by atoms with Crippen LogP contribution in [0, 0.1) is 6.92 Å². The smallest absolute Gasteiger partial charge is 0.191 e. The van der Waals surface area contributed by atoms with Gasteiger partial charge in [0, 0.05) is 26.7 Å². The Labute approximate surface area is 156 Å². The average Bonchev–Trinajstić information content (AvgIpc) is 2.96. The Balaban J connectivity index is 0.00000264. The fraction of sp³-hybridized carbons (Fsp3) is 0.588. The van der Waals surface area contributed by atoms with Gasteiger partial charge in [0.25, 0.3) is 0 Å². The lowest BCUT2D eigenvalue weighted by atomic mass is 10.0. The molecule has 1 aromatic carbocycles. The minimum absolute atomic E-state index is 0. The monoisotopic (exact) mass is 433 g/mol. The average molecular weight is 433 g/mol. The van der Waals surface area contributed by atoms with Crippen LogP contribution in [0.2, 0.25) is 0 Å². The highest BCUT2D eigenvalue weighted by atomic mass is 127. The molecule has 0 spiro atoms. The van der Waals surface area contributed by atoms with E-state index in [0.29, 0.717) is 6.54 Å². The molecule has 6 heteroatoms. The number of benzene rings is 1. The highest BCUT2D eigenvalue weighted by Gasteiger charge is 2.29. The van der Waals surface area contributed by atoms with E-state index >= 15 is 0 Å². The summed E-state index contributed by atoms with van der Waals surface area (Å²) >= 11 is 0. The number of ether oxygens (including phenoxy) is 2. The highest BCUT2D eigenvalue weighted by molar-refractivity contribution is 14.0. The number of rotatable bonds is 5. The largest absolute Gasteiger partial charge is 0.496 e. The van der Waals surface area contributed by atoms with Gasteiger partial charge in [-0.25, -0.2) is 0 Å². The van der Waals surface area contributed by atoms with Crippen LogP contribution in [0.25, 0.3) is 0 Å². The summed E-state index contributed by atoms with van der Waals surface area (Å²) in [6.45, 7) is 6.51. The van der Waals surface area contributed by atoms with Gasteiger partial charge >= 0.3 is 0 Å². The summed E-state index contributed by atoms with van der Waals surface area (Å²) in [7, 11) is 3.48. The van der Waals surface area contributed by atoms with Gasteiger partial charge in [0.1, 0.15) is 5.75 Å². The molecule has 130 valence electrons. The third-order valence-electron chi connectivity index (χ3n) is 4.09. The maximum Gasteiger partial charge on any atom is 0.191 e. The van der Waals surface area contributed by atoms with Gasteiger partial charge in [-0.3, -0.25) is 4.99 Å². The second-order valence-electron chi connectivity index (χ2n) is 5.99. The van der Waals surface area contributed by atoms with E-state index in [4.69, 9.17) is 9.47 Å². The Hall–Kier alpha value is -1.02. The molecule has 0 saturated carbocycles. The number of methoxy groups -OCH3 is 1. The minimum Gasteiger partial charge on any atom is -0.496 e. The molecular weight excluding hydrogens is 405 g/mol. The molecule has 1 fully saturated rings. The molecule has 0 radical (unpaired) electrons. The highest BCUT2D eigenvalue weighted by Crippen LogP contribution is 2.23. The number of hydrogen-bond acceptors (Lipinski definition) is 3. The van der Waals surface area contributed by atoms with Crippen molar-refractivity contribution < 1.29 is 9.47 Å². The summed E-state index contributed by atoms with van der Waals surface area (Å²) in [5, 5.41) is 6.67. The fourth-order valence-electron chi connectivity index (χ4n) is 2.63. The normalized spacial score (nSPS) is 20.8. The van der Waals surface area contributed by atoms with Crippen molar-refractivity contribution in [2.45, 2.75) is 38.8 Å². The van der Waals surface area contributed by atoms with E-state index in [1.807, 2.05) is 6.92 Å². The van der Waals surface area contributed by atoms with Crippen LogP contribution in [0.5, 0.6) is 5.75 Å². The van der Waals surface area contributed by atoms with Crippen LogP contribution in [0.4, 0.5) is 0 Å². The summed E-state index contributed by atoms with van der Waals surface area (Å²) in [5.41, 5.74) is 2.22. The van der Waals surface area contributed by atoms with Crippen molar-refractivity contribution in [1.29, 1.82) is 0 Å². The lowest BCUT2D eigenvalue weighted by Gasteiger charge is -2.24. The number of aryl methyl sites for hydroxylation is 1. The molecule has 0 aromatic heterocycles. The topological polar surface area (TPSA) is 54.9 Å². The molecule has 1 atom stereocenters. The zero-order chi connectivity index (χ0) is 16.0. The van der Waals surface area contributed by atoms with Crippen molar-refractivity contribution in [3.63, 3.8) is 0 Å². The lowest BCUT2D eigenvalue weighted by molar-refractivity contribution is 0.0243. The SMILES string of the molecule is CN=C(NCc1ccc(C)c(OC)c1)NCC1(C)CCCO1.I. The standard InChI is InChI=1S/C17H27N3O2.HI/c1-13-6-7-14(10-15(13)21-4)11-19-16(18-3)20-12-17(2)8-5-9-22-17;/h6-7,10H,5,8-9,11-12H2,1-4H3,(H2,18,19,20);1H. The second kappa shape index (κ2) is 9.32. The van der Waals surface area contributed by atoms with Crippen molar-refractivity contribution in [2.24, 2.45) is 4.99 Å². The molecule has 1 unspecified atom stereocenters. The lowest BCUT2D eigenvalue weighted by Crippen LogP contribution is -2.45. The van der Waals surface area contributed by atoms with Gasteiger partial charge in [-0.15, -0.1) is 24.0 Å². The van der Waals surface area contributed by atoms with Crippen molar-refractivity contribution >= 4 is 29.9 Å². The van der Waals surface area contributed by atoms with Crippen LogP contribution in [0.15, 0.2) is 23.2 Å². The molecule has 2 rings (SSSR count). The predicted octanol–water partition coefficient (Wildman–Crippen LogP) is 2.86. The molecule has 1 heterocycles. The molecule has 1 aliphatic heterocycles. The Morgan fingerprint density at radius 2 is 2.17 bits per heavy atom. The van der Waals surface area contributed by atoms with Crippen LogP contribution >= 0.6 is 24.0 Å².